The molecule has 0 spiro atoms. The van der Waals surface area contributed by atoms with Gasteiger partial charge in [-0.2, -0.15) is 0 Å². The van der Waals surface area contributed by atoms with Crippen LogP contribution in [0.2, 0.25) is 5.02 Å². The summed E-state index contributed by atoms with van der Waals surface area (Å²) in [6.45, 7) is 1.91. The molecule has 0 aliphatic rings. The second-order valence-electron chi connectivity index (χ2n) is 4.04. The van der Waals surface area contributed by atoms with Crippen LogP contribution in [0.5, 0.6) is 5.75 Å². The van der Waals surface area contributed by atoms with Crippen LogP contribution in [-0.4, -0.2) is 25.5 Å². The number of hydrogen-bond donors (Lipinski definition) is 2. The lowest BCUT2D eigenvalue weighted by Crippen LogP contribution is -2.30. The van der Waals surface area contributed by atoms with E-state index in [0.717, 1.165) is 6.07 Å². The molecular weight excluding hydrogens is 299 g/mol. The van der Waals surface area contributed by atoms with Gasteiger partial charge in [-0.15, -0.1) is 0 Å². The highest BCUT2D eigenvalue weighted by molar-refractivity contribution is 6.30. The van der Waals surface area contributed by atoms with E-state index in [9.17, 15) is 14.0 Å². The largest absolute Gasteiger partial charge is 0.484 e. The average molecular weight is 315 g/mol. The Bertz CT molecular complexity index is 535. The Morgan fingerprint density at radius 3 is 2.86 bits per heavy atom. The predicted octanol–water partition coefficient (Wildman–Crippen LogP) is 2.01. The Balaban J connectivity index is 2.31. The van der Waals surface area contributed by atoms with Crippen LogP contribution in [0.3, 0.4) is 0 Å². The number of halogens is 2. The lowest BCUT2D eigenvalue weighted by molar-refractivity contribution is -0.123. The molecule has 0 aliphatic heterocycles. The summed E-state index contributed by atoms with van der Waals surface area (Å²) in [5.41, 5.74) is 0.714. The fraction of sp³-hybridized carbons (Fsp3) is 0.286. The molecule has 0 bridgehead atoms. The van der Waals surface area contributed by atoms with Gasteiger partial charge in [0, 0.05) is 24.7 Å². The molecule has 21 heavy (non-hydrogen) atoms. The number of carbonyl (C=O) groups is 2. The van der Waals surface area contributed by atoms with Crippen molar-refractivity contribution in [3.05, 3.63) is 40.8 Å². The van der Waals surface area contributed by atoms with Gasteiger partial charge >= 0.3 is 0 Å². The first-order valence-electron chi connectivity index (χ1n) is 6.26. The van der Waals surface area contributed by atoms with Crippen molar-refractivity contribution in [2.45, 2.75) is 13.3 Å². The first-order chi connectivity index (χ1) is 10.1. The molecule has 0 atom stereocenters. The van der Waals surface area contributed by atoms with Crippen molar-refractivity contribution in [2.75, 3.05) is 13.2 Å². The second-order valence-corrected chi connectivity index (χ2v) is 4.45. The molecule has 5 nitrogen and oxygen atoms in total. The summed E-state index contributed by atoms with van der Waals surface area (Å²) >= 11 is 5.54. The molecule has 1 rings (SSSR count). The van der Waals surface area contributed by atoms with E-state index in [1.807, 2.05) is 0 Å². The van der Waals surface area contributed by atoms with E-state index in [1.54, 1.807) is 13.0 Å². The highest BCUT2D eigenvalue weighted by atomic mass is 35.5. The molecule has 0 unspecified atom stereocenters. The zero-order valence-electron chi connectivity index (χ0n) is 11.5. The van der Waals surface area contributed by atoms with Gasteiger partial charge in [-0.1, -0.05) is 17.7 Å². The van der Waals surface area contributed by atoms with Crippen LogP contribution in [0, 0.1) is 5.82 Å². The smallest absolute Gasteiger partial charge is 0.257 e. The van der Waals surface area contributed by atoms with Crippen molar-refractivity contribution in [3.8, 4) is 5.75 Å². The van der Waals surface area contributed by atoms with Gasteiger partial charge in [-0.05, 0) is 19.1 Å². The van der Waals surface area contributed by atoms with E-state index in [0.29, 0.717) is 25.1 Å². The maximum absolute atomic E-state index is 13.2. The van der Waals surface area contributed by atoms with Crippen molar-refractivity contribution in [1.29, 1.82) is 0 Å². The number of rotatable bonds is 8. The molecule has 2 amide bonds. The maximum Gasteiger partial charge on any atom is 0.257 e. The minimum Gasteiger partial charge on any atom is -0.484 e. The van der Waals surface area contributed by atoms with Gasteiger partial charge in [0.05, 0.1) is 5.02 Å². The number of benzene rings is 1. The molecule has 114 valence electrons. The van der Waals surface area contributed by atoms with Crippen molar-refractivity contribution >= 4 is 23.9 Å². The summed E-state index contributed by atoms with van der Waals surface area (Å²) in [5.74, 6) is -0.719. The topological polar surface area (TPSA) is 67.4 Å². The van der Waals surface area contributed by atoms with E-state index in [-0.39, 0.29) is 23.3 Å². The third-order valence-electron chi connectivity index (χ3n) is 2.57. The molecule has 0 aliphatic carbocycles. The lowest BCUT2D eigenvalue weighted by atomic mass is 10.3. The van der Waals surface area contributed by atoms with E-state index >= 15 is 0 Å². The normalized spacial score (nSPS) is 10.9. The van der Waals surface area contributed by atoms with Gasteiger partial charge in [-0.25, -0.2) is 4.39 Å². The van der Waals surface area contributed by atoms with E-state index in [1.165, 1.54) is 12.1 Å². The summed E-state index contributed by atoms with van der Waals surface area (Å²) in [5, 5.41) is 5.13. The fourth-order valence-corrected chi connectivity index (χ4v) is 1.60. The molecular formula is C14H16ClFN2O3. The highest BCUT2D eigenvalue weighted by Crippen LogP contribution is 2.20. The molecule has 0 radical (unpaired) electrons. The van der Waals surface area contributed by atoms with Crippen LogP contribution in [-0.2, 0) is 9.59 Å². The van der Waals surface area contributed by atoms with Crippen LogP contribution in [0.15, 0.2) is 30.0 Å². The summed E-state index contributed by atoms with van der Waals surface area (Å²) in [7, 11) is 0. The third kappa shape index (κ3) is 6.27. The predicted molar refractivity (Wildman–Crippen MR) is 77.5 cm³/mol. The molecule has 0 aromatic heterocycles. The number of hydrogen-bond acceptors (Lipinski definition) is 3. The number of allylic oxidation sites excluding steroid dienone is 1. The first kappa shape index (κ1) is 17.0. The first-order valence-corrected chi connectivity index (χ1v) is 6.64. The molecule has 0 saturated carbocycles. The summed E-state index contributed by atoms with van der Waals surface area (Å²) < 4.78 is 18.3. The Kier molecular flexibility index (Phi) is 7.25. The molecule has 0 saturated heterocycles. The van der Waals surface area contributed by atoms with Crippen molar-refractivity contribution < 1.29 is 18.7 Å². The van der Waals surface area contributed by atoms with Gasteiger partial charge in [0.15, 0.2) is 6.61 Å². The summed E-state index contributed by atoms with van der Waals surface area (Å²) in [6.07, 6.45) is 2.82. The number of carbonyl (C=O) groups excluding carboxylic acids is 2. The minimum absolute atomic E-state index is 0.00615. The zero-order chi connectivity index (χ0) is 15.7. The van der Waals surface area contributed by atoms with Gasteiger partial charge < -0.3 is 15.4 Å². The Labute approximate surface area is 127 Å². The van der Waals surface area contributed by atoms with Crippen molar-refractivity contribution in [2.24, 2.45) is 0 Å². The lowest BCUT2D eigenvalue weighted by Gasteiger charge is -2.09. The minimum atomic E-state index is -0.604. The van der Waals surface area contributed by atoms with Gasteiger partial charge in [0.25, 0.3) is 5.91 Å². The molecule has 1 aromatic carbocycles. The Morgan fingerprint density at radius 1 is 1.48 bits per heavy atom. The fourth-order valence-electron chi connectivity index (χ4n) is 1.48. The van der Waals surface area contributed by atoms with Gasteiger partial charge in [0.1, 0.15) is 11.6 Å². The zero-order valence-corrected chi connectivity index (χ0v) is 12.2. The monoisotopic (exact) mass is 314 g/mol. The van der Waals surface area contributed by atoms with Crippen molar-refractivity contribution in [1.82, 2.24) is 10.6 Å². The summed E-state index contributed by atoms with van der Waals surface area (Å²) in [4.78, 5) is 21.8. The number of ether oxygens (including phenoxy) is 1. The van der Waals surface area contributed by atoms with Crippen LogP contribution in [0.4, 0.5) is 4.39 Å². The van der Waals surface area contributed by atoms with Crippen LogP contribution >= 0.6 is 11.6 Å². The number of nitrogens with one attached hydrogen (secondary N) is 2. The van der Waals surface area contributed by atoms with Gasteiger partial charge in [0.2, 0.25) is 6.41 Å². The number of amides is 2. The summed E-state index contributed by atoms with van der Waals surface area (Å²) in [6, 6.07) is 3.94. The Hall–Kier alpha value is -2.08. The van der Waals surface area contributed by atoms with Gasteiger partial charge in [-0.3, -0.25) is 9.59 Å². The van der Waals surface area contributed by atoms with Crippen LogP contribution < -0.4 is 15.4 Å². The molecule has 0 fully saturated rings. The molecule has 2 N–H and O–H groups in total. The van der Waals surface area contributed by atoms with Crippen LogP contribution in [0.25, 0.3) is 0 Å². The van der Waals surface area contributed by atoms with E-state index < -0.39 is 5.82 Å². The Morgan fingerprint density at radius 2 is 2.24 bits per heavy atom. The standard InChI is InChI=1S/C14H16ClFN2O3/c1-2-10(18-9-19)5-6-17-14(20)8-21-11-3-4-12(15)13(16)7-11/h2-4,7,9H,5-6,8H2,1H3,(H,17,20)(H,18,19)/b10-2+. The van der Waals surface area contributed by atoms with Crippen LogP contribution in [0.1, 0.15) is 13.3 Å². The molecule has 1 aromatic rings. The SMILES string of the molecule is C/C=C(\CCNC(=O)COc1ccc(Cl)c(F)c1)NC=O. The average Bonchev–Trinajstić information content (AvgIpc) is 2.47. The third-order valence-corrected chi connectivity index (χ3v) is 2.88. The molecule has 7 heteroatoms. The highest BCUT2D eigenvalue weighted by Gasteiger charge is 2.05. The van der Waals surface area contributed by atoms with E-state index in [2.05, 4.69) is 10.6 Å². The quantitative estimate of drug-likeness (QED) is 0.721. The second kappa shape index (κ2) is 8.97. The molecule has 0 heterocycles. The van der Waals surface area contributed by atoms with E-state index in [4.69, 9.17) is 16.3 Å². The maximum atomic E-state index is 13.2. The van der Waals surface area contributed by atoms with Crippen molar-refractivity contribution in [3.63, 3.8) is 0 Å².